The fraction of sp³-hybridized carbons (Fsp3) is 0.704. The Labute approximate surface area is 201 Å². The van der Waals surface area contributed by atoms with Gasteiger partial charge in [0.2, 0.25) is 0 Å². The Balaban J connectivity index is 1.90. The van der Waals surface area contributed by atoms with Crippen molar-refractivity contribution in [3.63, 3.8) is 0 Å². The summed E-state index contributed by atoms with van der Waals surface area (Å²) in [6.45, 7) is 10.0. The molecule has 7 nitrogen and oxygen atoms in total. The second-order valence-corrected chi connectivity index (χ2v) is 11.1. The van der Waals surface area contributed by atoms with Crippen LogP contribution in [0.1, 0.15) is 80.1 Å². The monoisotopic (exact) mass is 472 g/mol. The molecule has 4 aliphatic carbocycles. The summed E-state index contributed by atoms with van der Waals surface area (Å²) in [6.07, 6.45) is 6.93. The van der Waals surface area contributed by atoms with Crippen LogP contribution >= 0.6 is 0 Å². The zero-order valence-corrected chi connectivity index (χ0v) is 21.1. The van der Waals surface area contributed by atoms with Gasteiger partial charge in [0.05, 0.1) is 0 Å². The lowest BCUT2D eigenvalue weighted by molar-refractivity contribution is -0.216. The van der Waals surface area contributed by atoms with E-state index in [2.05, 4.69) is 19.9 Å². The SMILES string of the molecule is CC(=O)OC1CC[C@@]2(C)C(=CC=C3[C@@H]4CC[C@H](C(C)=O)[C@@]4(C)CC(OC(C)=O)[C@@]32OC(C)=O)C1. The van der Waals surface area contributed by atoms with Crippen LogP contribution in [0.2, 0.25) is 0 Å². The predicted molar refractivity (Wildman–Crippen MR) is 123 cm³/mol. The summed E-state index contributed by atoms with van der Waals surface area (Å²) in [6, 6.07) is 0. The quantitative estimate of drug-likeness (QED) is 0.446. The van der Waals surface area contributed by atoms with E-state index in [0.29, 0.717) is 25.7 Å². The molecule has 0 aromatic rings. The van der Waals surface area contributed by atoms with Crippen LogP contribution < -0.4 is 0 Å². The molecule has 0 amide bonds. The van der Waals surface area contributed by atoms with Gasteiger partial charge in [-0.15, -0.1) is 0 Å². The Hall–Kier alpha value is -2.44. The van der Waals surface area contributed by atoms with Gasteiger partial charge in [0.15, 0.2) is 5.60 Å². The number of ketones is 1. The van der Waals surface area contributed by atoms with Crippen molar-refractivity contribution in [2.24, 2.45) is 22.7 Å². The highest BCUT2D eigenvalue weighted by molar-refractivity contribution is 5.80. The molecule has 7 atom stereocenters. The van der Waals surface area contributed by atoms with Gasteiger partial charge < -0.3 is 14.2 Å². The standard InChI is InChI=1S/C27H36O7/c1-15(28)21-9-10-22-23-8-7-19-13-20(32-16(2)29)11-12-26(19,6)27(23,34-18(4)31)24(33-17(3)30)14-25(21,22)5/h7-8,20-22,24H,9-14H2,1-6H3/t20?,21-,22+,24?,25-,26+,27+/m1/s1. The molecule has 0 aromatic carbocycles. The maximum absolute atomic E-state index is 12.6. The van der Waals surface area contributed by atoms with E-state index in [1.54, 1.807) is 6.92 Å². The van der Waals surface area contributed by atoms with Crippen LogP contribution in [0, 0.1) is 22.7 Å². The van der Waals surface area contributed by atoms with Gasteiger partial charge >= 0.3 is 17.9 Å². The second-order valence-electron chi connectivity index (χ2n) is 11.1. The van der Waals surface area contributed by atoms with E-state index in [-0.39, 0.29) is 29.7 Å². The molecule has 0 saturated heterocycles. The van der Waals surface area contributed by atoms with Crippen LogP contribution in [0.4, 0.5) is 0 Å². The van der Waals surface area contributed by atoms with Crippen molar-refractivity contribution in [2.75, 3.05) is 0 Å². The largest absolute Gasteiger partial charge is 0.462 e. The molecule has 0 spiro atoms. The molecule has 3 fully saturated rings. The van der Waals surface area contributed by atoms with Crippen molar-refractivity contribution in [1.82, 2.24) is 0 Å². The van der Waals surface area contributed by atoms with Crippen LogP contribution in [0.25, 0.3) is 0 Å². The zero-order chi connectivity index (χ0) is 25.1. The molecule has 4 rings (SSSR count). The predicted octanol–water partition coefficient (Wildman–Crippen LogP) is 4.23. The first-order valence-electron chi connectivity index (χ1n) is 12.3. The van der Waals surface area contributed by atoms with Crippen molar-refractivity contribution in [3.8, 4) is 0 Å². The van der Waals surface area contributed by atoms with E-state index in [9.17, 15) is 19.2 Å². The minimum atomic E-state index is -1.16. The Kier molecular flexibility index (Phi) is 6.06. The summed E-state index contributed by atoms with van der Waals surface area (Å²) < 4.78 is 17.8. The molecule has 0 aliphatic heterocycles. The lowest BCUT2D eigenvalue weighted by Gasteiger charge is -2.62. The van der Waals surface area contributed by atoms with Crippen molar-refractivity contribution in [2.45, 2.75) is 97.9 Å². The minimum absolute atomic E-state index is 0.0355. The van der Waals surface area contributed by atoms with Gasteiger partial charge in [-0.2, -0.15) is 0 Å². The molecule has 0 aromatic heterocycles. The summed E-state index contributed by atoms with van der Waals surface area (Å²) in [5.74, 6) is -1.14. The van der Waals surface area contributed by atoms with Crippen LogP contribution in [-0.2, 0) is 33.4 Å². The summed E-state index contributed by atoms with van der Waals surface area (Å²) in [4.78, 5) is 49.2. The van der Waals surface area contributed by atoms with E-state index in [1.165, 1.54) is 20.8 Å². The van der Waals surface area contributed by atoms with Crippen LogP contribution in [0.15, 0.2) is 23.3 Å². The smallest absolute Gasteiger partial charge is 0.303 e. The van der Waals surface area contributed by atoms with Crippen molar-refractivity contribution >= 4 is 23.7 Å². The third kappa shape index (κ3) is 3.54. The van der Waals surface area contributed by atoms with E-state index in [1.807, 2.05) is 6.08 Å². The third-order valence-corrected chi connectivity index (χ3v) is 9.06. The highest BCUT2D eigenvalue weighted by Gasteiger charge is 2.71. The average molecular weight is 473 g/mol. The Morgan fingerprint density at radius 3 is 2.15 bits per heavy atom. The maximum atomic E-state index is 12.6. The van der Waals surface area contributed by atoms with Gasteiger partial charge in [-0.25, -0.2) is 0 Å². The number of esters is 3. The van der Waals surface area contributed by atoms with Gasteiger partial charge in [-0.05, 0) is 55.9 Å². The molecule has 0 N–H and O–H groups in total. The summed E-state index contributed by atoms with van der Waals surface area (Å²) in [5, 5.41) is 0. The van der Waals surface area contributed by atoms with E-state index in [4.69, 9.17) is 14.2 Å². The first-order chi connectivity index (χ1) is 15.8. The Morgan fingerprint density at radius 2 is 1.56 bits per heavy atom. The topological polar surface area (TPSA) is 96.0 Å². The van der Waals surface area contributed by atoms with E-state index >= 15 is 0 Å². The first kappa shape index (κ1) is 24.7. The molecular formula is C27H36O7. The van der Waals surface area contributed by atoms with E-state index < -0.39 is 34.5 Å². The molecule has 7 heteroatoms. The molecular weight excluding hydrogens is 436 g/mol. The van der Waals surface area contributed by atoms with Crippen molar-refractivity contribution < 1.29 is 33.4 Å². The third-order valence-electron chi connectivity index (χ3n) is 9.06. The second kappa shape index (κ2) is 8.35. The lowest BCUT2D eigenvalue weighted by atomic mass is 9.46. The number of carbonyl (C=O) groups excluding carboxylic acids is 4. The number of hydrogen-bond acceptors (Lipinski definition) is 7. The van der Waals surface area contributed by atoms with Crippen molar-refractivity contribution in [3.05, 3.63) is 23.3 Å². The summed E-state index contributed by atoms with van der Waals surface area (Å²) >= 11 is 0. The first-order valence-corrected chi connectivity index (χ1v) is 12.3. The number of fused-ring (bicyclic) bond motifs is 5. The highest BCUT2D eigenvalue weighted by atomic mass is 16.6. The fourth-order valence-corrected chi connectivity index (χ4v) is 7.77. The molecule has 34 heavy (non-hydrogen) atoms. The van der Waals surface area contributed by atoms with Gasteiger partial charge in [0, 0.05) is 38.5 Å². The molecule has 3 saturated carbocycles. The van der Waals surface area contributed by atoms with Gasteiger partial charge in [0.1, 0.15) is 18.0 Å². The van der Waals surface area contributed by atoms with Crippen LogP contribution in [0.3, 0.4) is 0 Å². The number of Topliss-reactive ketones (excluding diaryl/α,β-unsaturated/α-hetero) is 1. The molecule has 2 unspecified atom stereocenters. The number of allylic oxidation sites excluding steroid dienone is 2. The molecule has 4 aliphatic rings. The molecule has 0 bridgehead atoms. The molecule has 0 heterocycles. The van der Waals surface area contributed by atoms with Gasteiger partial charge in [-0.1, -0.05) is 31.6 Å². The van der Waals surface area contributed by atoms with Gasteiger partial charge in [-0.3, -0.25) is 19.2 Å². The number of hydrogen-bond donors (Lipinski definition) is 0. The lowest BCUT2D eigenvalue weighted by Crippen LogP contribution is -2.68. The normalized spacial score (nSPS) is 40.5. The number of rotatable bonds is 4. The summed E-state index contributed by atoms with van der Waals surface area (Å²) in [7, 11) is 0. The molecule has 186 valence electrons. The summed E-state index contributed by atoms with van der Waals surface area (Å²) in [5.41, 5.74) is -0.209. The molecule has 0 radical (unpaired) electrons. The van der Waals surface area contributed by atoms with Gasteiger partial charge in [0.25, 0.3) is 0 Å². The maximum Gasteiger partial charge on any atom is 0.303 e. The zero-order valence-electron chi connectivity index (χ0n) is 21.1. The van der Waals surface area contributed by atoms with E-state index in [0.717, 1.165) is 24.0 Å². The minimum Gasteiger partial charge on any atom is -0.462 e. The van der Waals surface area contributed by atoms with Crippen LogP contribution in [-0.4, -0.2) is 41.5 Å². The number of ether oxygens (including phenoxy) is 3. The van der Waals surface area contributed by atoms with Crippen molar-refractivity contribution in [1.29, 1.82) is 0 Å². The Bertz CT molecular complexity index is 993. The number of carbonyl (C=O) groups is 4. The Morgan fingerprint density at radius 1 is 0.882 bits per heavy atom. The average Bonchev–Trinajstić information content (AvgIpc) is 3.04. The van der Waals surface area contributed by atoms with Crippen LogP contribution in [0.5, 0.6) is 0 Å². The fourth-order valence-electron chi connectivity index (χ4n) is 7.77. The highest BCUT2D eigenvalue weighted by Crippen LogP contribution is 2.68.